The third kappa shape index (κ3) is 4.39. The molecule has 28 heavy (non-hydrogen) atoms. The van der Waals surface area contributed by atoms with Gasteiger partial charge in [0.1, 0.15) is 0 Å². The molecule has 150 valence electrons. The van der Waals surface area contributed by atoms with Crippen LogP contribution in [0.15, 0.2) is 53.4 Å². The molecule has 1 heterocycles. The van der Waals surface area contributed by atoms with Crippen LogP contribution in [0.2, 0.25) is 0 Å². The van der Waals surface area contributed by atoms with Gasteiger partial charge < -0.3 is 5.32 Å². The molecule has 2 aromatic rings. The van der Waals surface area contributed by atoms with Gasteiger partial charge in [0.05, 0.1) is 10.9 Å². The second-order valence-electron chi connectivity index (χ2n) is 6.90. The number of piperidine rings is 1. The molecule has 1 amide bonds. The smallest absolute Gasteiger partial charge is 0.243 e. The predicted molar refractivity (Wildman–Crippen MR) is 101 cm³/mol. The molecule has 0 spiro atoms. The van der Waals surface area contributed by atoms with E-state index in [-0.39, 0.29) is 29.8 Å². The van der Waals surface area contributed by atoms with Crippen molar-refractivity contribution in [3.63, 3.8) is 0 Å². The van der Waals surface area contributed by atoms with Gasteiger partial charge in [-0.2, -0.15) is 4.31 Å². The van der Waals surface area contributed by atoms with E-state index in [2.05, 4.69) is 5.32 Å². The maximum Gasteiger partial charge on any atom is 0.243 e. The summed E-state index contributed by atoms with van der Waals surface area (Å²) in [5.74, 6) is -2.43. The Morgan fingerprint density at radius 1 is 1.07 bits per heavy atom. The van der Waals surface area contributed by atoms with Crippen LogP contribution in [0.1, 0.15) is 31.4 Å². The van der Waals surface area contributed by atoms with Crippen LogP contribution in [0.4, 0.5) is 8.78 Å². The summed E-state index contributed by atoms with van der Waals surface area (Å²) in [5, 5.41) is 2.80. The van der Waals surface area contributed by atoms with Gasteiger partial charge in [-0.15, -0.1) is 0 Å². The van der Waals surface area contributed by atoms with Crippen molar-refractivity contribution in [2.45, 2.75) is 30.7 Å². The molecule has 1 saturated heterocycles. The minimum absolute atomic E-state index is 0.214. The molecule has 1 aliphatic rings. The quantitative estimate of drug-likeness (QED) is 0.826. The standard InChI is InChI=1S/C20H22F2N2O3S/c1-14(16-7-8-18(21)19(22)13-16)23-20(25)15-9-11-24(12-10-15)28(26,27)17-5-3-2-4-6-17/h2-8,13-15H,9-12H2,1H3,(H,23,25). The zero-order valence-electron chi connectivity index (χ0n) is 15.4. The normalized spacial score (nSPS) is 17.2. The van der Waals surface area contributed by atoms with Gasteiger partial charge in [-0.05, 0) is 49.6 Å². The number of nitrogens with one attached hydrogen (secondary N) is 1. The molecule has 1 unspecified atom stereocenters. The summed E-state index contributed by atoms with van der Waals surface area (Å²) in [5.41, 5.74) is 0.469. The van der Waals surface area contributed by atoms with Crippen LogP contribution in [-0.4, -0.2) is 31.7 Å². The third-order valence-corrected chi connectivity index (χ3v) is 6.92. The maximum absolute atomic E-state index is 13.4. The van der Waals surface area contributed by atoms with Crippen molar-refractivity contribution in [3.8, 4) is 0 Å². The van der Waals surface area contributed by atoms with Gasteiger partial charge in [-0.1, -0.05) is 24.3 Å². The van der Waals surface area contributed by atoms with Crippen molar-refractivity contribution < 1.29 is 22.0 Å². The van der Waals surface area contributed by atoms with Crippen LogP contribution in [0.25, 0.3) is 0 Å². The number of nitrogens with zero attached hydrogens (tertiary/aromatic N) is 1. The Bertz CT molecular complexity index is 943. The van der Waals surface area contributed by atoms with Crippen LogP contribution < -0.4 is 5.32 Å². The number of hydrogen-bond acceptors (Lipinski definition) is 3. The van der Waals surface area contributed by atoms with E-state index in [4.69, 9.17) is 0 Å². The second kappa shape index (κ2) is 8.36. The number of halogens is 2. The first-order valence-electron chi connectivity index (χ1n) is 9.09. The van der Waals surface area contributed by atoms with Gasteiger partial charge in [0.25, 0.3) is 0 Å². The van der Waals surface area contributed by atoms with Crippen molar-refractivity contribution in [2.75, 3.05) is 13.1 Å². The van der Waals surface area contributed by atoms with Crippen LogP contribution in [-0.2, 0) is 14.8 Å². The first kappa shape index (κ1) is 20.4. The van der Waals surface area contributed by atoms with E-state index < -0.39 is 27.7 Å². The summed E-state index contributed by atoms with van der Waals surface area (Å²) < 4.78 is 53.1. The Labute approximate surface area is 163 Å². The number of hydrogen-bond donors (Lipinski definition) is 1. The summed E-state index contributed by atoms with van der Waals surface area (Å²) in [6.45, 7) is 2.21. The summed E-state index contributed by atoms with van der Waals surface area (Å²) in [7, 11) is -3.56. The Morgan fingerprint density at radius 3 is 2.32 bits per heavy atom. The molecule has 3 rings (SSSR count). The monoisotopic (exact) mass is 408 g/mol. The van der Waals surface area contributed by atoms with E-state index in [1.165, 1.54) is 10.4 Å². The molecule has 0 aliphatic carbocycles. The lowest BCUT2D eigenvalue weighted by Crippen LogP contribution is -2.43. The molecule has 1 N–H and O–H groups in total. The molecule has 1 atom stereocenters. The van der Waals surface area contributed by atoms with Crippen molar-refractivity contribution in [1.82, 2.24) is 9.62 Å². The summed E-state index contributed by atoms with van der Waals surface area (Å²) in [6, 6.07) is 11.3. The van der Waals surface area contributed by atoms with E-state index >= 15 is 0 Å². The van der Waals surface area contributed by atoms with Crippen molar-refractivity contribution >= 4 is 15.9 Å². The molecule has 0 aromatic heterocycles. The molecule has 0 radical (unpaired) electrons. The minimum atomic E-state index is -3.56. The average molecular weight is 408 g/mol. The Hall–Kier alpha value is -2.32. The first-order chi connectivity index (χ1) is 13.3. The maximum atomic E-state index is 13.4. The lowest BCUT2D eigenvalue weighted by atomic mass is 9.96. The molecule has 8 heteroatoms. The van der Waals surface area contributed by atoms with Gasteiger partial charge in [0, 0.05) is 19.0 Å². The van der Waals surface area contributed by atoms with Gasteiger partial charge in [-0.25, -0.2) is 17.2 Å². The predicted octanol–water partition coefficient (Wildman–Crippen LogP) is 3.24. The minimum Gasteiger partial charge on any atom is -0.349 e. The molecule has 2 aromatic carbocycles. The van der Waals surface area contributed by atoms with Gasteiger partial charge >= 0.3 is 0 Å². The zero-order valence-corrected chi connectivity index (χ0v) is 16.3. The lowest BCUT2D eigenvalue weighted by molar-refractivity contribution is -0.126. The van der Waals surface area contributed by atoms with E-state index in [1.54, 1.807) is 37.3 Å². The van der Waals surface area contributed by atoms with E-state index in [9.17, 15) is 22.0 Å². The van der Waals surface area contributed by atoms with E-state index in [0.717, 1.165) is 12.1 Å². The third-order valence-electron chi connectivity index (χ3n) is 5.01. The van der Waals surface area contributed by atoms with Crippen LogP contribution in [0.3, 0.4) is 0 Å². The lowest BCUT2D eigenvalue weighted by Gasteiger charge is -2.31. The fourth-order valence-corrected chi connectivity index (χ4v) is 4.79. The largest absolute Gasteiger partial charge is 0.349 e. The number of carbonyl (C=O) groups excluding carboxylic acids is 1. The van der Waals surface area contributed by atoms with Crippen LogP contribution >= 0.6 is 0 Å². The van der Waals surface area contributed by atoms with Gasteiger partial charge in [0.2, 0.25) is 15.9 Å². The molecule has 1 aliphatic heterocycles. The number of amides is 1. The molecule has 1 fully saturated rings. The van der Waals surface area contributed by atoms with Gasteiger partial charge in [0.15, 0.2) is 11.6 Å². The SMILES string of the molecule is CC(NC(=O)C1CCN(S(=O)(=O)c2ccccc2)CC1)c1ccc(F)c(F)c1. The zero-order chi connectivity index (χ0) is 20.3. The van der Waals surface area contributed by atoms with E-state index in [0.29, 0.717) is 18.4 Å². The molecular weight excluding hydrogens is 386 g/mol. The van der Waals surface area contributed by atoms with Crippen molar-refractivity contribution in [3.05, 3.63) is 65.7 Å². The molecule has 0 bridgehead atoms. The highest BCUT2D eigenvalue weighted by Gasteiger charge is 2.32. The van der Waals surface area contributed by atoms with Crippen LogP contribution in [0, 0.1) is 17.6 Å². The van der Waals surface area contributed by atoms with Gasteiger partial charge in [-0.3, -0.25) is 4.79 Å². The summed E-state index contributed by atoms with van der Waals surface area (Å²) >= 11 is 0. The van der Waals surface area contributed by atoms with E-state index in [1.807, 2.05) is 0 Å². The fourth-order valence-electron chi connectivity index (χ4n) is 3.30. The first-order valence-corrected chi connectivity index (χ1v) is 10.5. The van der Waals surface area contributed by atoms with Crippen molar-refractivity contribution in [2.24, 2.45) is 5.92 Å². The summed E-state index contributed by atoms with van der Waals surface area (Å²) in [4.78, 5) is 12.8. The average Bonchev–Trinajstić information content (AvgIpc) is 2.70. The highest BCUT2D eigenvalue weighted by molar-refractivity contribution is 7.89. The number of carbonyl (C=O) groups is 1. The number of rotatable bonds is 5. The highest BCUT2D eigenvalue weighted by Crippen LogP contribution is 2.25. The molecular formula is C20H22F2N2O3S. The van der Waals surface area contributed by atoms with Crippen molar-refractivity contribution in [1.29, 1.82) is 0 Å². The Kier molecular flexibility index (Phi) is 6.10. The Balaban J connectivity index is 1.58. The topological polar surface area (TPSA) is 66.5 Å². The second-order valence-corrected chi connectivity index (χ2v) is 8.83. The van der Waals surface area contributed by atoms with Crippen LogP contribution in [0.5, 0.6) is 0 Å². The highest BCUT2D eigenvalue weighted by atomic mass is 32.2. The molecule has 5 nitrogen and oxygen atoms in total. The fraction of sp³-hybridized carbons (Fsp3) is 0.350. The number of benzene rings is 2. The summed E-state index contributed by atoms with van der Waals surface area (Å²) in [6.07, 6.45) is 0.810. The molecule has 0 saturated carbocycles. The Morgan fingerprint density at radius 2 is 1.71 bits per heavy atom. The number of sulfonamides is 1.